The first-order valence-electron chi connectivity index (χ1n) is 10.3. The molecule has 3 aromatic rings. The van der Waals surface area contributed by atoms with Crippen LogP contribution in [0.2, 0.25) is 0 Å². The van der Waals surface area contributed by atoms with E-state index in [1.54, 1.807) is 55.6 Å². The van der Waals surface area contributed by atoms with Crippen molar-refractivity contribution in [3.8, 4) is 23.3 Å². The van der Waals surface area contributed by atoms with Gasteiger partial charge in [0.05, 0.1) is 12.9 Å². The average molecular weight is 515 g/mol. The van der Waals surface area contributed by atoms with Crippen LogP contribution in [0.1, 0.15) is 12.5 Å². The van der Waals surface area contributed by atoms with E-state index in [9.17, 15) is 18.5 Å². The topological polar surface area (TPSA) is 140 Å². The number of rotatable bonds is 11. The molecule has 10 nitrogen and oxygen atoms in total. The highest BCUT2D eigenvalue weighted by atomic mass is 32.2. The standard InChI is InChI=1S/C23H22N4O6S2/c1-3-35(29,30)23-26-22(34-27-23)25-21(28)17(15-24)14-16-4-6-19(7-5-16)32-12-13-33-20-10-8-18(31-2)9-11-20/h4-11,14H,3,12-13H2,1-2H3,(H,25,26,27,28)/b17-14-. The van der Waals surface area contributed by atoms with Gasteiger partial charge in [-0.3, -0.25) is 10.1 Å². The predicted molar refractivity (Wildman–Crippen MR) is 130 cm³/mol. The van der Waals surface area contributed by atoms with Crippen LogP contribution < -0.4 is 19.5 Å². The molecule has 0 atom stereocenters. The Bertz CT molecular complexity index is 1330. The summed E-state index contributed by atoms with van der Waals surface area (Å²) in [4.78, 5) is 16.2. The van der Waals surface area contributed by atoms with E-state index < -0.39 is 15.7 Å². The average Bonchev–Trinajstić information content (AvgIpc) is 3.35. The van der Waals surface area contributed by atoms with Crippen LogP contribution >= 0.6 is 11.5 Å². The van der Waals surface area contributed by atoms with Gasteiger partial charge >= 0.3 is 0 Å². The predicted octanol–water partition coefficient (Wildman–Crippen LogP) is 3.34. The molecule has 2 aromatic carbocycles. The Morgan fingerprint density at radius 1 is 1.06 bits per heavy atom. The first kappa shape index (κ1) is 25.7. The van der Waals surface area contributed by atoms with Gasteiger partial charge in [-0.15, -0.1) is 0 Å². The molecule has 12 heteroatoms. The Morgan fingerprint density at radius 2 is 1.63 bits per heavy atom. The molecule has 0 saturated carbocycles. The van der Waals surface area contributed by atoms with E-state index in [-0.39, 0.29) is 21.6 Å². The number of sulfone groups is 1. The zero-order valence-corrected chi connectivity index (χ0v) is 20.6. The van der Waals surface area contributed by atoms with Crippen molar-refractivity contribution in [3.63, 3.8) is 0 Å². The maximum absolute atomic E-state index is 12.4. The normalized spacial score (nSPS) is 11.4. The SMILES string of the molecule is CCS(=O)(=O)c1nsc(NC(=O)/C(C#N)=C\c2ccc(OCCOc3ccc(OC)cc3)cc2)n1. The maximum atomic E-state index is 12.4. The lowest BCUT2D eigenvalue weighted by Crippen LogP contribution is -2.13. The molecule has 1 N–H and O–H groups in total. The lowest BCUT2D eigenvalue weighted by atomic mass is 10.1. The molecule has 0 aliphatic heterocycles. The van der Waals surface area contributed by atoms with Crippen molar-refractivity contribution in [2.75, 3.05) is 31.4 Å². The van der Waals surface area contributed by atoms with E-state index in [4.69, 9.17) is 14.2 Å². The number of nitrogens with zero attached hydrogens (tertiary/aromatic N) is 3. The summed E-state index contributed by atoms with van der Waals surface area (Å²) in [6, 6.07) is 15.9. The Kier molecular flexibility index (Phi) is 8.77. The van der Waals surface area contributed by atoms with Crippen LogP contribution in [0.15, 0.2) is 59.3 Å². The Balaban J connectivity index is 1.53. The van der Waals surface area contributed by atoms with Crippen LogP contribution in [0.5, 0.6) is 17.2 Å². The highest BCUT2D eigenvalue weighted by Crippen LogP contribution is 2.19. The third-order valence-electron chi connectivity index (χ3n) is 4.52. The molecule has 1 heterocycles. The number of ether oxygens (including phenoxy) is 3. The number of hydrogen-bond donors (Lipinski definition) is 1. The number of nitrogens with one attached hydrogen (secondary N) is 1. The van der Waals surface area contributed by atoms with Crippen molar-refractivity contribution in [1.82, 2.24) is 9.36 Å². The molecule has 0 spiro atoms. The smallest absolute Gasteiger partial charge is 0.268 e. The van der Waals surface area contributed by atoms with Crippen LogP contribution in [0, 0.1) is 11.3 Å². The molecule has 0 fully saturated rings. The summed E-state index contributed by atoms with van der Waals surface area (Å²) >= 11 is 0.725. The Morgan fingerprint density at radius 3 is 2.17 bits per heavy atom. The number of methoxy groups -OCH3 is 1. The van der Waals surface area contributed by atoms with Crippen molar-refractivity contribution in [3.05, 3.63) is 59.7 Å². The van der Waals surface area contributed by atoms with Gasteiger partial charge in [-0.05, 0) is 48.0 Å². The highest BCUT2D eigenvalue weighted by Gasteiger charge is 2.20. The Hall–Kier alpha value is -3.95. The van der Waals surface area contributed by atoms with Gasteiger partial charge in [-0.1, -0.05) is 19.1 Å². The number of benzene rings is 2. The van der Waals surface area contributed by atoms with Crippen molar-refractivity contribution in [1.29, 1.82) is 5.26 Å². The number of anilines is 1. The van der Waals surface area contributed by atoms with Gasteiger partial charge < -0.3 is 14.2 Å². The van der Waals surface area contributed by atoms with Gasteiger partial charge in [0.1, 0.15) is 42.1 Å². The number of carbonyl (C=O) groups excluding carboxylic acids is 1. The third-order valence-corrected chi connectivity index (χ3v) is 6.77. The minimum Gasteiger partial charge on any atom is -0.497 e. The van der Waals surface area contributed by atoms with Gasteiger partial charge in [0.15, 0.2) is 0 Å². The van der Waals surface area contributed by atoms with Crippen LogP contribution in [-0.2, 0) is 14.6 Å². The lowest BCUT2D eigenvalue weighted by molar-refractivity contribution is -0.112. The van der Waals surface area contributed by atoms with E-state index in [0.717, 1.165) is 17.3 Å². The summed E-state index contributed by atoms with van der Waals surface area (Å²) in [6.07, 6.45) is 1.40. The fraction of sp³-hybridized carbons (Fsp3) is 0.217. The zero-order valence-electron chi connectivity index (χ0n) is 18.9. The number of amides is 1. The molecule has 0 aliphatic carbocycles. The van der Waals surface area contributed by atoms with Crippen molar-refractivity contribution < 1.29 is 27.4 Å². The summed E-state index contributed by atoms with van der Waals surface area (Å²) in [7, 11) is -1.99. The molecule has 3 rings (SSSR count). The van der Waals surface area contributed by atoms with Crippen molar-refractivity contribution in [2.24, 2.45) is 0 Å². The lowest BCUT2D eigenvalue weighted by Gasteiger charge is -2.09. The number of nitriles is 1. The minimum atomic E-state index is -3.58. The largest absolute Gasteiger partial charge is 0.497 e. The second kappa shape index (κ2) is 12.0. The first-order chi connectivity index (χ1) is 16.8. The van der Waals surface area contributed by atoms with E-state index >= 15 is 0 Å². The Labute approximate surface area is 206 Å². The molecule has 0 aliphatic rings. The molecule has 1 amide bonds. The summed E-state index contributed by atoms with van der Waals surface area (Å²) in [5.74, 6) is 1.17. The molecule has 182 valence electrons. The minimum absolute atomic E-state index is 0.0104. The van der Waals surface area contributed by atoms with E-state index in [1.165, 1.54) is 13.0 Å². The second-order valence-electron chi connectivity index (χ2n) is 6.85. The summed E-state index contributed by atoms with van der Waals surface area (Å²) < 4.78 is 43.7. The van der Waals surface area contributed by atoms with Crippen molar-refractivity contribution in [2.45, 2.75) is 12.1 Å². The molecule has 0 saturated heterocycles. The first-order valence-corrected chi connectivity index (χ1v) is 12.8. The highest BCUT2D eigenvalue weighted by molar-refractivity contribution is 7.91. The van der Waals surface area contributed by atoms with Crippen LogP contribution in [-0.4, -0.2) is 49.8 Å². The number of hydrogen-bond acceptors (Lipinski definition) is 10. The van der Waals surface area contributed by atoms with Crippen LogP contribution in [0.3, 0.4) is 0 Å². The molecule has 0 unspecified atom stereocenters. The number of carbonyl (C=O) groups is 1. The zero-order chi connectivity index (χ0) is 25.3. The molecular weight excluding hydrogens is 492 g/mol. The monoisotopic (exact) mass is 514 g/mol. The van der Waals surface area contributed by atoms with E-state index in [2.05, 4.69) is 14.7 Å². The van der Waals surface area contributed by atoms with E-state index in [1.807, 2.05) is 6.07 Å². The van der Waals surface area contributed by atoms with Gasteiger partial charge in [0.25, 0.3) is 11.1 Å². The summed E-state index contributed by atoms with van der Waals surface area (Å²) in [5, 5.41) is 11.4. The van der Waals surface area contributed by atoms with Gasteiger partial charge in [-0.25, -0.2) is 8.42 Å². The number of aromatic nitrogens is 2. The van der Waals surface area contributed by atoms with E-state index in [0.29, 0.717) is 30.3 Å². The fourth-order valence-electron chi connectivity index (χ4n) is 2.65. The van der Waals surface area contributed by atoms with Gasteiger partial charge in [0, 0.05) is 11.5 Å². The van der Waals surface area contributed by atoms with Crippen LogP contribution in [0.25, 0.3) is 6.08 Å². The molecule has 0 bridgehead atoms. The summed E-state index contributed by atoms with van der Waals surface area (Å²) in [5.41, 5.74) is 0.423. The van der Waals surface area contributed by atoms with Crippen LogP contribution in [0.4, 0.5) is 5.13 Å². The molecular formula is C23H22N4O6S2. The third kappa shape index (κ3) is 7.26. The van der Waals surface area contributed by atoms with Gasteiger partial charge in [-0.2, -0.15) is 14.6 Å². The fourth-order valence-corrected chi connectivity index (χ4v) is 4.23. The molecule has 0 radical (unpaired) electrons. The van der Waals surface area contributed by atoms with Gasteiger partial charge in [0.2, 0.25) is 15.0 Å². The quantitative estimate of drug-likeness (QED) is 0.232. The van der Waals surface area contributed by atoms with Crippen molar-refractivity contribution >= 4 is 38.5 Å². The maximum Gasteiger partial charge on any atom is 0.268 e. The summed E-state index contributed by atoms with van der Waals surface area (Å²) in [6.45, 7) is 2.14. The second-order valence-corrected chi connectivity index (χ2v) is 9.77. The molecule has 35 heavy (non-hydrogen) atoms. The molecule has 1 aromatic heterocycles.